The second-order valence-corrected chi connectivity index (χ2v) is 10.2. The molecule has 6 heteroatoms. The Morgan fingerprint density at radius 3 is 2.42 bits per heavy atom. The van der Waals surface area contributed by atoms with Crippen molar-refractivity contribution in [3.05, 3.63) is 65.2 Å². The molecule has 4 rings (SSSR count). The van der Waals surface area contributed by atoms with Crippen LogP contribution in [-0.2, 0) is 16.1 Å². The van der Waals surface area contributed by atoms with Crippen LogP contribution in [0.25, 0.3) is 0 Å². The SMILES string of the molecule is CCC[C@@H](C)C(=O)N1CCN(C[C@H](OCc2ccc(C#N)cc2)c2cccc(N3CCCC3)c2)CC1. The van der Waals surface area contributed by atoms with E-state index >= 15 is 0 Å². The van der Waals surface area contributed by atoms with Gasteiger partial charge in [0.2, 0.25) is 5.91 Å². The van der Waals surface area contributed by atoms with E-state index in [1.54, 1.807) is 0 Å². The first-order chi connectivity index (χ1) is 17.6. The molecule has 2 saturated heterocycles. The monoisotopic (exact) mass is 488 g/mol. The summed E-state index contributed by atoms with van der Waals surface area (Å²) in [5, 5.41) is 9.09. The number of nitrogens with zero attached hydrogens (tertiary/aromatic N) is 4. The number of nitriles is 1. The maximum absolute atomic E-state index is 12.8. The minimum absolute atomic E-state index is 0.0653. The number of carbonyl (C=O) groups is 1. The Kier molecular flexibility index (Phi) is 9.38. The molecule has 0 aliphatic carbocycles. The van der Waals surface area contributed by atoms with Gasteiger partial charge in [-0.1, -0.05) is 44.5 Å². The summed E-state index contributed by atoms with van der Waals surface area (Å²) in [7, 11) is 0. The lowest BCUT2D eigenvalue weighted by Gasteiger charge is -2.37. The van der Waals surface area contributed by atoms with Crippen molar-refractivity contribution in [2.24, 2.45) is 5.92 Å². The predicted octanol–water partition coefficient (Wildman–Crippen LogP) is 5.00. The topological polar surface area (TPSA) is 59.8 Å². The van der Waals surface area contributed by atoms with Gasteiger partial charge in [-0.15, -0.1) is 0 Å². The van der Waals surface area contributed by atoms with Gasteiger partial charge in [0, 0.05) is 57.4 Å². The number of hydrogen-bond donors (Lipinski definition) is 0. The van der Waals surface area contributed by atoms with Crippen molar-refractivity contribution >= 4 is 11.6 Å². The first-order valence-electron chi connectivity index (χ1n) is 13.5. The van der Waals surface area contributed by atoms with Crippen molar-refractivity contribution in [2.75, 3.05) is 50.7 Å². The molecule has 2 atom stereocenters. The van der Waals surface area contributed by atoms with Crippen LogP contribution in [0.3, 0.4) is 0 Å². The third-order valence-electron chi connectivity index (χ3n) is 7.50. The van der Waals surface area contributed by atoms with Gasteiger partial charge in [0.25, 0.3) is 0 Å². The molecule has 0 unspecified atom stereocenters. The molecule has 2 fully saturated rings. The molecule has 0 saturated carbocycles. The first-order valence-corrected chi connectivity index (χ1v) is 13.5. The van der Waals surface area contributed by atoms with Gasteiger partial charge in [0.15, 0.2) is 0 Å². The molecule has 0 spiro atoms. The van der Waals surface area contributed by atoms with Crippen LogP contribution in [-0.4, -0.2) is 61.5 Å². The summed E-state index contributed by atoms with van der Waals surface area (Å²) in [5.41, 5.74) is 4.20. The van der Waals surface area contributed by atoms with Crippen LogP contribution in [0.5, 0.6) is 0 Å². The summed E-state index contributed by atoms with van der Waals surface area (Å²) in [5.74, 6) is 0.404. The fourth-order valence-corrected chi connectivity index (χ4v) is 5.28. The Hall–Kier alpha value is -2.88. The van der Waals surface area contributed by atoms with Crippen molar-refractivity contribution in [3.63, 3.8) is 0 Å². The lowest BCUT2D eigenvalue weighted by atomic mass is 10.0. The first kappa shape index (κ1) is 26.2. The molecule has 2 aliphatic rings. The number of carbonyl (C=O) groups excluding carboxylic acids is 1. The number of ether oxygens (including phenoxy) is 1. The number of rotatable bonds is 10. The van der Waals surface area contributed by atoms with E-state index in [2.05, 4.69) is 54.0 Å². The molecule has 192 valence electrons. The number of amides is 1. The van der Waals surface area contributed by atoms with E-state index in [-0.39, 0.29) is 12.0 Å². The minimum atomic E-state index is -0.0653. The smallest absolute Gasteiger partial charge is 0.225 e. The van der Waals surface area contributed by atoms with Crippen LogP contribution in [0.4, 0.5) is 5.69 Å². The fourth-order valence-electron chi connectivity index (χ4n) is 5.28. The highest BCUT2D eigenvalue weighted by Gasteiger charge is 2.27. The van der Waals surface area contributed by atoms with E-state index in [0.29, 0.717) is 18.1 Å². The predicted molar refractivity (Wildman–Crippen MR) is 144 cm³/mol. The highest BCUT2D eigenvalue weighted by Crippen LogP contribution is 2.28. The Morgan fingerprint density at radius 1 is 1.03 bits per heavy atom. The average molecular weight is 489 g/mol. The van der Waals surface area contributed by atoms with Crippen molar-refractivity contribution in [2.45, 2.75) is 52.2 Å². The Bertz CT molecular complexity index is 1020. The second kappa shape index (κ2) is 12.9. The van der Waals surface area contributed by atoms with Crippen molar-refractivity contribution in [1.82, 2.24) is 9.80 Å². The van der Waals surface area contributed by atoms with Crippen LogP contribution >= 0.6 is 0 Å². The number of anilines is 1. The highest BCUT2D eigenvalue weighted by molar-refractivity contribution is 5.78. The summed E-state index contributed by atoms with van der Waals surface area (Å²) < 4.78 is 6.53. The normalized spacial score (nSPS) is 18.1. The fraction of sp³-hybridized carbons (Fsp3) is 0.533. The molecular weight excluding hydrogens is 448 g/mol. The summed E-state index contributed by atoms with van der Waals surface area (Å²) in [4.78, 5) is 19.7. The van der Waals surface area contributed by atoms with E-state index in [0.717, 1.165) is 64.2 Å². The van der Waals surface area contributed by atoms with Crippen molar-refractivity contribution < 1.29 is 9.53 Å². The summed E-state index contributed by atoms with van der Waals surface area (Å²) in [6, 6.07) is 18.6. The molecule has 2 aliphatic heterocycles. The lowest BCUT2D eigenvalue weighted by Crippen LogP contribution is -2.50. The standard InChI is InChI=1S/C30H40N4O2/c1-3-7-24(2)30(35)34-18-16-32(17-19-34)22-29(36-23-26-12-10-25(21-31)11-13-26)27-8-6-9-28(20-27)33-14-4-5-15-33/h6,8-13,20,24,29H,3-5,7,14-19,22-23H2,1-2H3/t24-,29+/m1/s1. The van der Waals surface area contributed by atoms with Crippen LogP contribution in [0, 0.1) is 17.2 Å². The maximum atomic E-state index is 12.8. The third-order valence-corrected chi connectivity index (χ3v) is 7.50. The van der Waals surface area contributed by atoms with Gasteiger partial charge in [0.05, 0.1) is 24.3 Å². The average Bonchev–Trinajstić information content (AvgIpc) is 3.47. The van der Waals surface area contributed by atoms with Gasteiger partial charge in [-0.3, -0.25) is 9.69 Å². The van der Waals surface area contributed by atoms with Crippen LogP contribution in [0.15, 0.2) is 48.5 Å². The van der Waals surface area contributed by atoms with Crippen molar-refractivity contribution in [1.29, 1.82) is 5.26 Å². The van der Waals surface area contributed by atoms with E-state index in [4.69, 9.17) is 10.00 Å². The van der Waals surface area contributed by atoms with Gasteiger partial charge in [-0.2, -0.15) is 5.26 Å². The third kappa shape index (κ3) is 6.87. The van der Waals surface area contributed by atoms with E-state index in [9.17, 15) is 4.79 Å². The molecule has 0 N–H and O–H groups in total. The van der Waals surface area contributed by atoms with Gasteiger partial charge in [-0.05, 0) is 54.7 Å². The molecule has 2 heterocycles. The van der Waals surface area contributed by atoms with E-state index < -0.39 is 0 Å². The zero-order valence-corrected chi connectivity index (χ0v) is 21.9. The Morgan fingerprint density at radius 2 is 1.75 bits per heavy atom. The quantitative estimate of drug-likeness (QED) is 0.471. The molecule has 2 aromatic rings. The lowest BCUT2D eigenvalue weighted by molar-refractivity contribution is -0.137. The Labute approximate surface area is 216 Å². The molecule has 0 radical (unpaired) electrons. The summed E-state index contributed by atoms with van der Waals surface area (Å²) >= 11 is 0. The largest absolute Gasteiger partial charge is 0.372 e. The van der Waals surface area contributed by atoms with Crippen LogP contribution < -0.4 is 4.90 Å². The molecule has 0 bridgehead atoms. The van der Waals surface area contributed by atoms with Gasteiger partial charge >= 0.3 is 0 Å². The van der Waals surface area contributed by atoms with E-state index in [1.165, 1.54) is 24.1 Å². The zero-order valence-electron chi connectivity index (χ0n) is 21.9. The zero-order chi connectivity index (χ0) is 25.3. The molecule has 6 nitrogen and oxygen atoms in total. The Balaban J connectivity index is 1.43. The molecule has 36 heavy (non-hydrogen) atoms. The summed E-state index contributed by atoms with van der Waals surface area (Å²) in [6.45, 7) is 11.0. The molecule has 0 aromatic heterocycles. The number of benzene rings is 2. The molecule has 2 aromatic carbocycles. The second-order valence-electron chi connectivity index (χ2n) is 10.2. The van der Waals surface area contributed by atoms with Crippen LogP contribution in [0.2, 0.25) is 0 Å². The number of piperazine rings is 1. The van der Waals surface area contributed by atoms with Crippen molar-refractivity contribution in [3.8, 4) is 6.07 Å². The van der Waals surface area contributed by atoms with Gasteiger partial charge in [-0.25, -0.2) is 0 Å². The van der Waals surface area contributed by atoms with Gasteiger partial charge < -0.3 is 14.5 Å². The number of hydrogen-bond acceptors (Lipinski definition) is 5. The van der Waals surface area contributed by atoms with E-state index in [1.807, 2.05) is 29.2 Å². The van der Waals surface area contributed by atoms with Crippen LogP contribution in [0.1, 0.15) is 62.3 Å². The maximum Gasteiger partial charge on any atom is 0.225 e. The molecule has 1 amide bonds. The summed E-state index contributed by atoms with van der Waals surface area (Å²) in [6.07, 6.45) is 4.44. The molecular formula is C30H40N4O2. The highest BCUT2D eigenvalue weighted by atomic mass is 16.5. The van der Waals surface area contributed by atoms with Gasteiger partial charge in [0.1, 0.15) is 0 Å². The minimum Gasteiger partial charge on any atom is -0.372 e.